The molecule has 0 bridgehead atoms. The van der Waals surface area contributed by atoms with Crippen LogP contribution in [-0.4, -0.2) is 21.1 Å². The summed E-state index contributed by atoms with van der Waals surface area (Å²) < 4.78 is 26.9. The SMILES string of the molecule is O=C(Cl)c1cn(CCF)c(=O)n(-c2ccc(F)cc2)c1=O. The van der Waals surface area contributed by atoms with Gasteiger partial charge in [0.1, 0.15) is 18.1 Å². The number of carbonyl (C=O) groups excluding carboxylic acids is 1. The van der Waals surface area contributed by atoms with Crippen molar-refractivity contribution in [2.75, 3.05) is 6.67 Å². The predicted molar refractivity (Wildman–Crippen MR) is 72.4 cm³/mol. The van der Waals surface area contributed by atoms with Crippen molar-refractivity contribution in [2.45, 2.75) is 6.54 Å². The van der Waals surface area contributed by atoms with Crippen molar-refractivity contribution < 1.29 is 13.6 Å². The van der Waals surface area contributed by atoms with Gasteiger partial charge in [-0.15, -0.1) is 0 Å². The van der Waals surface area contributed by atoms with Crippen molar-refractivity contribution in [3.63, 3.8) is 0 Å². The highest BCUT2D eigenvalue weighted by Gasteiger charge is 2.17. The summed E-state index contributed by atoms with van der Waals surface area (Å²) in [5, 5.41) is -1.07. The van der Waals surface area contributed by atoms with Gasteiger partial charge in [0.25, 0.3) is 10.8 Å². The number of carbonyl (C=O) groups is 1. The van der Waals surface area contributed by atoms with Gasteiger partial charge in [0.15, 0.2) is 0 Å². The van der Waals surface area contributed by atoms with Crippen molar-refractivity contribution in [1.29, 1.82) is 0 Å². The molecule has 0 amide bonds. The van der Waals surface area contributed by atoms with Crippen LogP contribution in [0.1, 0.15) is 10.4 Å². The topological polar surface area (TPSA) is 61.1 Å². The number of benzene rings is 1. The van der Waals surface area contributed by atoms with E-state index in [-0.39, 0.29) is 12.2 Å². The van der Waals surface area contributed by atoms with Crippen LogP contribution in [0.5, 0.6) is 0 Å². The van der Waals surface area contributed by atoms with Crippen LogP contribution in [0.3, 0.4) is 0 Å². The van der Waals surface area contributed by atoms with E-state index in [0.717, 1.165) is 22.9 Å². The van der Waals surface area contributed by atoms with Crippen LogP contribution in [0.15, 0.2) is 40.1 Å². The largest absolute Gasteiger partial charge is 0.335 e. The zero-order chi connectivity index (χ0) is 15.6. The molecule has 2 rings (SSSR count). The molecule has 0 radical (unpaired) electrons. The fraction of sp³-hybridized carbons (Fsp3) is 0.154. The number of alkyl halides is 1. The molecule has 21 heavy (non-hydrogen) atoms. The molecule has 2 aromatic rings. The zero-order valence-corrected chi connectivity index (χ0v) is 11.3. The summed E-state index contributed by atoms with van der Waals surface area (Å²) in [7, 11) is 0. The lowest BCUT2D eigenvalue weighted by molar-refractivity contribution is 0.107. The highest BCUT2D eigenvalue weighted by molar-refractivity contribution is 6.67. The van der Waals surface area contributed by atoms with Crippen molar-refractivity contribution in [3.05, 3.63) is 62.7 Å². The van der Waals surface area contributed by atoms with Crippen LogP contribution in [0.2, 0.25) is 0 Å². The first-order valence-corrected chi connectivity index (χ1v) is 6.21. The highest BCUT2D eigenvalue weighted by Crippen LogP contribution is 2.06. The standard InChI is InChI=1S/C13H9ClF2N2O3/c14-11(19)10-7-17(6-5-15)13(21)18(12(10)20)9-3-1-8(16)2-4-9/h1-4,7H,5-6H2. The van der Waals surface area contributed by atoms with Crippen LogP contribution in [-0.2, 0) is 6.54 Å². The van der Waals surface area contributed by atoms with Crippen LogP contribution >= 0.6 is 11.6 Å². The molecule has 110 valence electrons. The molecule has 1 aromatic carbocycles. The highest BCUT2D eigenvalue weighted by atomic mass is 35.5. The molecule has 0 aliphatic heterocycles. The van der Waals surface area contributed by atoms with Crippen molar-refractivity contribution in [2.24, 2.45) is 0 Å². The molecule has 0 saturated heterocycles. The Bertz CT molecular complexity index is 797. The molecule has 0 atom stereocenters. The maximum Gasteiger partial charge on any atom is 0.335 e. The Labute approximate surface area is 122 Å². The molecule has 0 saturated carbocycles. The van der Waals surface area contributed by atoms with Gasteiger partial charge >= 0.3 is 5.69 Å². The smallest absolute Gasteiger partial charge is 0.297 e. The number of aryl methyl sites for hydroxylation is 1. The van der Waals surface area contributed by atoms with Gasteiger partial charge in [-0.05, 0) is 35.9 Å². The normalized spacial score (nSPS) is 10.6. The van der Waals surface area contributed by atoms with Gasteiger partial charge in [-0.1, -0.05) is 0 Å². The van der Waals surface area contributed by atoms with E-state index >= 15 is 0 Å². The molecular formula is C13H9ClF2N2O3. The van der Waals surface area contributed by atoms with Crippen LogP contribution in [0.25, 0.3) is 5.69 Å². The first kappa shape index (κ1) is 15.1. The van der Waals surface area contributed by atoms with E-state index < -0.39 is 34.5 Å². The number of rotatable bonds is 4. The second kappa shape index (κ2) is 6.01. The second-order valence-corrected chi connectivity index (χ2v) is 4.44. The minimum Gasteiger partial charge on any atom is -0.297 e. The van der Waals surface area contributed by atoms with Gasteiger partial charge in [0.05, 0.1) is 12.2 Å². The number of hydrogen-bond acceptors (Lipinski definition) is 3. The number of halogens is 3. The Morgan fingerprint density at radius 1 is 1.19 bits per heavy atom. The molecule has 1 aromatic heterocycles. The summed E-state index contributed by atoms with van der Waals surface area (Å²) in [6, 6.07) is 4.49. The fourth-order valence-electron chi connectivity index (χ4n) is 1.81. The lowest BCUT2D eigenvalue weighted by Crippen LogP contribution is -2.41. The third-order valence-electron chi connectivity index (χ3n) is 2.78. The van der Waals surface area contributed by atoms with E-state index in [0.29, 0.717) is 4.57 Å². The zero-order valence-electron chi connectivity index (χ0n) is 10.6. The maximum absolute atomic E-state index is 12.9. The molecule has 0 aliphatic rings. The summed E-state index contributed by atoms with van der Waals surface area (Å²) in [6.07, 6.45) is 0.916. The van der Waals surface area contributed by atoms with Crippen LogP contribution in [0, 0.1) is 5.82 Å². The molecular weight excluding hydrogens is 306 g/mol. The number of nitrogens with zero attached hydrogens (tertiary/aromatic N) is 2. The number of aromatic nitrogens is 2. The summed E-state index contributed by atoms with van der Waals surface area (Å²) in [4.78, 5) is 35.5. The predicted octanol–water partition coefficient (Wildman–Crippen LogP) is 1.49. The summed E-state index contributed by atoms with van der Waals surface area (Å²) in [5.41, 5.74) is -2.19. The van der Waals surface area contributed by atoms with Crippen LogP contribution < -0.4 is 11.2 Å². The average Bonchev–Trinajstić information content (AvgIpc) is 2.44. The summed E-state index contributed by atoms with van der Waals surface area (Å²) in [5.74, 6) is -0.555. The van der Waals surface area contributed by atoms with Crippen molar-refractivity contribution in [1.82, 2.24) is 9.13 Å². The number of hydrogen-bond donors (Lipinski definition) is 0. The van der Waals surface area contributed by atoms with Gasteiger partial charge in [-0.3, -0.25) is 14.2 Å². The minimum atomic E-state index is -1.07. The van der Waals surface area contributed by atoms with Crippen molar-refractivity contribution >= 4 is 16.8 Å². The minimum absolute atomic E-state index is 0.0544. The average molecular weight is 315 g/mol. The van der Waals surface area contributed by atoms with Crippen molar-refractivity contribution in [3.8, 4) is 5.69 Å². The molecule has 8 heteroatoms. The van der Waals surface area contributed by atoms with E-state index in [1.165, 1.54) is 12.1 Å². The molecule has 0 aliphatic carbocycles. The molecule has 0 spiro atoms. The molecule has 0 fully saturated rings. The Kier molecular flexibility index (Phi) is 4.32. The second-order valence-electron chi connectivity index (χ2n) is 4.10. The Morgan fingerprint density at radius 3 is 2.33 bits per heavy atom. The first-order chi connectivity index (χ1) is 9.95. The molecule has 1 heterocycles. The van der Waals surface area contributed by atoms with E-state index in [4.69, 9.17) is 11.6 Å². The Balaban J connectivity index is 2.80. The van der Waals surface area contributed by atoms with E-state index in [1.54, 1.807) is 0 Å². The van der Waals surface area contributed by atoms with Gasteiger partial charge < -0.3 is 0 Å². The summed E-state index contributed by atoms with van der Waals surface area (Å²) in [6.45, 7) is -1.20. The third kappa shape index (κ3) is 2.92. The van der Waals surface area contributed by atoms with Crippen LogP contribution in [0.4, 0.5) is 8.78 Å². The maximum atomic E-state index is 12.9. The van der Waals surface area contributed by atoms with E-state index in [9.17, 15) is 23.2 Å². The molecule has 5 nitrogen and oxygen atoms in total. The lowest BCUT2D eigenvalue weighted by Gasteiger charge is -2.10. The quantitative estimate of drug-likeness (QED) is 0.803. The summed E-state index contributed by atoms with van der Waals surface area (Å²) >= 11 is 5.30. The van der Waals surface area contributed by atoms with Gasteiger partial charge in [-0.2, -0.15) is 0 Å². The molecule has 0 unspecified atom stereocenters. The Morgan fingerprint density at radius 2 is 1.81 bits per heavy atom. The first-order valence-electron chi connectivity index (χ1n) is 5.84. The Hall–Kier alpha value is -2.28. The fourth-order valence-corrected chi connectivity index (χ4v) is 1.94. The van der Waals surface area contributed by atoms with E-state index in [1.807, 2.05) is 0 Å². The lowest BCUT2D eigenvalue weighted by atomic mass is 10.3. The molecule has 0 N–H and O–H groups in total. The third-order valence-corrected chi connectivity index (χ3v) is 2.98. The van der Waals surface area contributed by atoms with Gasteiger partial charge in [0.2, 0.25) is 0 Å². The monoisotopic (exact) mass is 314 g/mol. The van der Waals surface area contributed by atoms with E-state index in [2.05, 4.69) is 0 Å². The van der Waals surface area contributed by atoms with Gasteiger partial charge in [0, 0.05) is 6.20 Å². The van der Waals surface area contributed by atoms with Gasteiger partial charge in [-0.25, -0.2) is 18.1 Å².